The van der Waals surface area contributed by atoms with E-state index in [1.807, 2.05) is 0 Å². The van der Waals surface area contributed by atoms with E-state index in [2.05, 4.69) is 17.3 Å². The molecule has 0 aromatic heterocycles. The normalized spacial score (nSPS) is 36.2. The van der Waals surface area contributed by atoms with Gasteiger partial charge < -0.3 is 16.0 Å². The number of hydrogen-bond donors (Lipinski definition) is 2. The van der Waals surface area contributed by atoms with E-state index in [1.54, 1.807) is 0 Å². The van der Waals surface area contributed by atoms with Gasteiger partial charge in [0.05, 0.1) is 0 Å². The fourth-order valence-corrected chi connectivity index (χ4v) is 2.75. The Kier molecular flexibility index (Phi) is 3.82. The van der Waals surface area contributed by atoms with E-state index in [-0.39, 0.29) is 11.8 Å². The molecule has 3 N–H and O–H groups in total. The number of nitrogens with one attached hydrogen (secondary N) is 1. The Morgan fingerprint density at radius 1 is 1.25 bits per heavy atom. The number of carbonyl (C=O) groups is 1. The lowest BCUT2D eigenvalue weighted by atomic mass is 9.86. The number of rotatable bonds is 2. The summed E-state index contributed by atoms with van der Waals surface area (Å²) in [7, 11) is 2.10. The third-order valence-corrected chi connectivity index (χ3v) is 3.88. The summed E-state index contributed by atoms with van der Waals surface area (Å²) in [5.74, 6) is 0.470. The third kappa shape index (κ3) is 2.95. The van der Waals surface area contributed by atoms with Crippen molar-refractivity contribution in [2.24, 2.45) is 11.7 Å². The standard InChI is InChI=1S/C12H23N3O/c1-15-7-6-11(8-15)14-12(16)9-2-4-10(13)5-3-9/h9-11H,2-8,13H2,1H3,(H,14,16). The molecule has 92 valence electrons. The summed E-state index contributed by atoms with van der Waals surface area (Å²) >= 11 is 0. The molecule has 2 fully saturated rings. The van der Waals surface area contributed by atoms with Gasteiger partial charge in [-0.3, -0.25) is 4.79 Å². The third-order valence-electron chi connectivity index (χ3n) is 3.88. The Morgan fingerprint density at radius 3 is 2.50 bits per heavy atom. The van der Waals surface area contributed by atoms with Crippen LogP contribution in [0.4, 0.5) is 0 Å². The molecule has 0 spiro atoms. The summed E-state index contributed by atoms with van der Waals surface area (Å²) in [6, 6.07) is 0.690. The highest BCUT2D eigenvalue weighted by Crippen LogP contribution is 2.23. The Labute approximate surface area is 97.6 Å². The minimum absolute atomic E-state index is 0.214. The first-order valence-electron chi connectivity index (χ1n) is 6.39. The van der Waals surface area contributed by atoms with Crippen LogP contribution in [0.5, 0.6) is 0 Å². The highest BCUT2D eigenvalue weighted by atomic mass is 16.1. The number of hydrogen-bond acceptors (Lipinski definition) is 3. The summed E-state index contributed by atoms with van der Waals surface area (Å²) < 4.78 is 0. The molecule has 2 aliphatic rings. The van der Waals surface area contributed by atoms with Crippen LogP contribution in [0.3, 0.4) is 0 Å². The maximum absolute atomic E-state index is 12.0. The minimum atomic E-state index is 0.214. The van der Waals surface area contributed by atoms with Crippen molar-refractivity contribution in [3.8, 4) is 0 Å². The molecule has 2 rings (SSSR count). The summed E-state index contributed by atoms with van der Waals surface area (Å²) in [5, 5.41) is 3.17. The first-order chi connectivity index (χ1) is 7.65. The van der Waals surface area contributed by atoms with Gasteiger partial charge in [0.15, 0.2) is 0 Å². The van der Waals surface area contributed by atoms with Gasteiger partial charge in [-0.25, -0.2) is 0 Å². The van der Waals surface area contributed by atoms with Crippen LogP contribution in [0.25, 0.3) is 0 Å². The predicted molar refractivity (Wildman–Crippen MR) is 64.0 cm³/mol. The SMILES string of the molecule is CN1CCC(NC(=O)C2CCC(N)CC2)C1. The number of amides is 1. The molecule has 0 bridgehead atoms. The van der Waals surface area contributed by atoms with Crippen molar-refractivity contribution in [1.82, 2.24) is 10.2 Å². The number of nitrogens with zero attached hydrogens (tertiary/aromatic N) is 1. The molecule has 1 unspecified atom stereocenters. The first-order valence-corrected chi connectivity index (χ1v) is 6.39. The van der Waals surface area contributed by atoms with Gasteiger partial charge in [0.2, 0.25) is 5.91 Å². The van der Waals surface area contributed by atoms with Gasteiger partial charge in [0.1, 0.15) is 0 Å². The lowest BCUT2D eigenvalue weighted by Gasteiger charge is -2.26. The van der Waals surface area contributed by atoms with Crippen LogP contribution in [-0.4, -0.2) is 43.0 Å². The zero-order valence-electron chi connectivity index (χ0n) is 10.1. The van der Waals surface area contributed by atoms with Crippen LogP contribution in [0.15, 0.2) is 0 Å². The van der Waals surface area contributed by atoms with Gasteiger partial charge in [0, 0.05) is 24.5 Å². The highest BCUT2D eigenvalue weighted by Gasteiger charge is 2.27. The Hall–Kier alpha value is -0.610. The molecule has 1 saturated carbocycles. The van der Waals surface area contributed by atoms with Gasteiger partial charge in [-0.2, -0.15) is 0 Å². The van der Waals surface area contributed by atoms with E-state index in [9.17, 15) is 4.79 Å². The molecule has 1 heterocycles. The molecule has 0 aromatic carbocycles. The van der Waals surface area contributed by atoms with E-state index in [0.717, 1.165) is 45.2 Å². The van der Waals surface area contributed by atoms with Crippen molar-refractivity contribution < 1.29 is 4.79 Å². The number of nitrogens with two attached hydrogens (primary N) is 1. The van der Waals surface area contributed by atoms with Crippen molar-refractivity contribution in [3.05, 3.63) is 0 Å². The molecule has 4 heteroatoms. The molecule has 1 atom stereocenters. The van der Waals surface area contributed by atoms with Crippen LogP contribution in [0, 0.1) is 5.92 Å². The molecule has 1 aliphatic carbocycles. The van der Waals surface area contributed by atoms with E-state index in [0.29, 0.717) is 12.1 Å². The number of likely N-dealkylation sites (tertiary alicyclic amines) is 1. The van der Waals surface area contributed by atoms with Crippen LogP contribution in [0.1, 0.15) is 32.1 Å². The van der Waals surface area contributed by atoms with Crippen LogP contribution in [-0.2, 0) is 4.79 Å². The van der Waals surface area contributed by atoms with Gasteiger partial charge in [-0.15, -0.1) is 0 Å². The maximum Gasteiger partial charge on any atom is 0.223 e. The average molecular weight is 225 g/mol. The van der Waals surface area contributed by atoms with Crippen LogP contribution < -0.4 is 11.1 Å². The zero-order valence-corrected chi connectivity index (χ0v) is 10.1. The second-order valence-electron chi connectivity index (χ2n) is 5.37. The average Bonchev–Trinajstić information content (AvgIpc) is 2.65. The van der Waals surface area contributed by atoms with Gasteiger partial charge in [-0.1, -0.05) is 0 Å². The number of carbonyl (C=O) groups excluding carboxylic acids is 1. The highest BCUT2D eigenvalue weighted by molar-refractivity contribution is 5.79. The lowest BCUT2D eigenvalue weighted by molar-refractivity contribution is -0.126. The molecule has 1 saturated heterocycles. The van der Waals surface area contributed by atoms with Gasteiger partial charge in [-0.05, 0) is 45.7 Å². The summed E-state index contributed by atoms with van der Waals surface area (Å²) in [6.07, 6.45) is 5.03. The van der Waals surface area contributed by atoms with Crippen LogP contribution >= 0.6 is 0 Å². The Morgan fingerprint density at radius 2 is 1.94 bits per heavy atom. The van der Waals surface area contributed by atoms with Crippen molar-refractivity contribution in [3.63, 3.8) is 0 Å². The molecular formula is C12H23N3O. The van der Waals surface area contributed by atoms with Crippen molar-refractivity contribution in [1.29, 1.82) is 0 Å². The monoisotopic (exact) mass is 225 g/mol. The first kappa shape index (κ1) is 11.9. The van der Waals surface area contributed by atoms with Crippen LogP contribution in [0.2, 0.25) is 0 Å². The predicted octanol–water partition coefficient (Wildman–Crippen LogP) is 0.324. The van der Waals surface area contributed by atoms with Crippen molar-refractivity contribution in [2.75, 3.05) is 20.1 Å². The molecule has 0 aromatic rings. The maximum atomic E-state index is 12.0. The topological polar surface area (TPSA) is 58.4 Å². The van der Waals surface area contributed by atoms with Gasteiger partial charge in [0.25, 0.3) is 0 Å². The van der Waals surface area contributed by atoms with E-state index < -0.39 is 0 Å². The summed E-state index contributed by atoms with van der Waals surface area (Å²) in [6.45, 7) is 2.10. The van der Waals surface area contributed by atoms with Gasteiger partial charge >= 0.3 is 0 Å². The Balaban J connectivity index is 1.75. The minimum Gasteiger partial charge on any atom is -0.352 e. The van der Waals surface area contributed by atoms with E-state index in [4.69, 9.17) is 5.73 Å². The zero-order chi connectivity index (χ0) is 11.5. The van der Waals surface area contributed by atoms with Crippen molar-refractivity contribution >= 4 is 5.91 Å². The lowest BCUT2D eigenvalue weighted by Crippen LogP contribution is -2.42. The molecule has 1 aliphatic heterocycles. The smallest absolute Gasteiger partial charge is 0.223 e. The fraction of sp³-hybridized carbons (Fsp3) is 0.917. The number of likely N-dealkylation sites (N-methyl/N-ethyl adjacent to an activating group) is 1. The largest absolute Gasteiger partial charge is 0.352 e. The van der Waals surface area contributed by atoms with E-state index in [1.165, 1.54) is 0 Å². The quantitative estimate of drug-likeness (QED) is 0.712. The molecule has 1 amide bonds. The second-order valence-corrected chi connectivity index (χ2v) is 5.37. The summed E-state index contributed by atoms with van der Waals surface area (Å²) in [5.41, 5.74) is 5.84. The second kappa shape index (κ2) is 5.15. The fourth-order valence-electron chi connectivity index (χ4n) is 2.75. The Bertz CT molecular complexity index is 249. The molecule has 0 radical (unpaired) electrons. The molecule has 16 heavy (non-hydrogen) atoms. The molecule has 4 nitrogen and oxygen atoms in total. The molecular weight excluding hydrogens is 202 g/mol. The van der Waals surface area contributed by atoms with Crippen molar-refractivity contribution in [2.45, 2.75) is 44.2 Å². The van der Waals surface area contributed by atoms with E-state index >= 15 is 0 Å². The summed E-state index contributed by atoms with van der Waals surface area (Å²) in [4.78, 5) is 14.3.